The van der Waals surface area contributed by atoms with E-state index in [1.54, 1.807) is 0 Å². The van der Waals surface area contributed by atoms with Crippen LogP contribution >= 0.6 is 15.9 Å². The van der Waals surface area contributed by atoms with Gasteiger partial charge in [0.2, 0.25) is 0 Å². The van der Waals surface area contributed by atoms with Gasteiger partial charge in [0.05, 0.1) is 5.69 Å². The molecule has 5 nitrogen and oxygen atoms in total. The number of aromatic amines is 1. The SMILES string of the molecule is O=C(O)N[C@H]1CCC[C@@H]1c1nc2c([nH]1)CCc1cc(Br)ccc1-2. The van der Waals surface area contributed by atoms with E-state index in [9.17, 15) is 4.79 Å². The van der Waals surface area contributed by atoms with Crippen molar-refractivity contribution in [1.82, 2.24) is 15.3 Å². The molecule has 1 amide bonds. The fourth-order valence-corrected chi connectivity index (χ4v) is 4.30. The Labute approximate surface area is 142 Å². The molecule has 0 spiro atoms. The maximum absolute atomic E-state index is 11.0. The van der Waals surface area contributed by atoms with Gasteiger partial charge in [0.25, 0.3) is 0 Å². The van der Waals surface area contributed by atoms with Crippen LogP contribution in [-0.2, 0) is 12.8 Å². The van der Waals surface area contributed by atoms with E-state index in [1.807, 2.05) is 6.07 Å². The van der Waals surface area contributed by atoms with Gasteiger partial charge in [-0.1, -0.05) is 28.4 Å². The monoisotopic (exact) mass is 375 g/mol. The van der Waals surface area contributed by atoms with Crippen molar-refractivity contribution in [2.24, 2.45) is 0 Å². The number of carbonyl (C=O) groups is 1. The number of amides is 1. The van der Waals surface area contributed by atoms with Crippen molar-refractivity contribution in [1.29, 1.82) is 0 Å². The summed E-state index contributed by atoms with van der Waals surface area (Å²) in [7, 11) is 0. The Morgan fingerprint density at radius 1 is 1.35 bits per heavy atom. The maximum atomic E-state index is 11.0. The van der Waals surface area contributed by atoms with Crippen LogP contribution in [0.4, 0.5) is 4.79 Å². The zero-order chi connectivity index (χ0) is 16.0. The van der Waals surface area contributed by atoms with Crippen molar-refractivity contribution < 1.29 is 9.90 Å². The van der Waals surface area contributed by atoms with E-state index in [0.29, 0.717) is 0 Å². The second kappa shape index (κ2) is 5.67. The number of aryl methyl sites for hydroxylation is 2. The van der Waals surface area contributed by atoms with Crippen LogP contribution in [0.15, 0.2) is 22.7 Å². The second-order valence-corrected chi connectivity index (χ2v) is 7.26. The number of hydrogen-bond donors (Lipinski definition) is 3. The third-order valence-corrected chi connectivity index (χ3v) is 5.43. The minimum Gasteiger partial charge on any atom is -0.465 e. The van der Waals surface area contributed by atoms with Gasteiger partial charge in [-0.15, -0.1) is 0 Å². The van der Waals surface area contributed by atoms with E-state index in [-0.39, 0.29) is 12.0 Å². The zero-order valence-electron chi connectivity index (χ0n) is 12.6. The number of nitrogens with zero attached hydrogens (tertiary/aromatic N) is 1. The normalized spacial score (nSPS) is 22.5. The molecule has 0 bridgehead atoms. The van der Waals surface area contributed by atoms with Gasteiger partial charge >= 0.3 is 6.09 Å². The predicted octanol–water partition coefficient (Wildman–Crippen LogP) is 3.84. The summed E-state index contributed by atoms with van der Waals surface area (Å²) in [6.07, 6.45) is 3.90. The molecule has 6 heteroatoms. The highest BCUT2D eigenvalue weighted by Crippen LogP contribution is 2.38. The van der Waals surface area contributed by atoms with Gasteiger partial charge in [0, 0.05) is 27.7 Å². The topological polar surface area (TPSA) is 78.0 Å². The van der Waals surface area contributed by atoms with Crippen LogP contribution in [-0.4, -0.2) is 27.2 Å². The van der Waals surface area contributed by atoms with Crippen LogP contribution in [0.5, 0.6) is 0 Å². The first-order valence-electron chi connectivity index (χ1n) is 7.99. The van der Waals surface area contributed by atoms with E-state index in [0.717, 1.165) is 48.1 Å². The summed E-state index contributed by atoms with van der Waals surface area (Å²) in [5.41, 5.74) is 4.72. The average Bonchev–Trinajstić information content (AvgIpc) is 3.12. The van der Waals surface area contributed by atoms with E-state index >= 15 is 0 Å². The summed E-state index contributed by atoms with van der Waals surface area (Å²) in [5, 5.41) is 11.7. The number of carboxylic acid groups (broad SMARTS) is 1. The van der Waals surface area contributed by atoms with E-state index in [2.05, 4.69) is 38.4 Å². The van der Waals surface area contributed by atoms with Crippen molar-refractivity contribution >= 4 is 22.0 Å². The summed E-state index contributed by atoms with van der Waals surface area (Å²) >= 11 is 3.53. The van der Waals surface area contributed by atoms with Crippen LogP contribution in [0.25, 0.3) is 11.3 Å². The highest BCUT2D eigenvalue weighted by molar-refractivity contribution is 9.10. The highest BCUT2D eigenvalue weighted by atomic mass is 79.9. The molecule has 1 saturated carbocycles. The minimum absolute atomic E-state index is 0.0375. The van der Waals surface area contributed by atoms with Gasteiger partial charge in [0.15, 0.2) is 0 Å². The molecule has 1 aromatic heterocycles. The van der Waals surface area contributed by atoms with Gasteiger partial charge in [0.1, 0.15) is 5.82 Å². The standard InChI is InChI=1S/C17H18BrN3O2/c18-10-5-6-11-9(8-10)4-7-14-15(11)21-16(19-14)12-2-1-3-13(12)20-17(22)23/h5-6,8,12-13,20H,1-4,7H2,(H,19,21)(H,22,23)/t12-,13-/m0/s1. The lowest BCUT2D eigenvalue weighted by Crippen LogP contribution is -2.35. The van der Waals surface area contributed by atoms with Crippen molar-refractivity contribution in [2.45, 2.75) is 44.1 Å². The lowest BCUT2D eigenvalue weighted by atomic mass is 9.92. The van der Waals surface area contributed by atoms with Crippen LogP contribution in [0.2, 0.25) is 0 Å². The smallest absolute Gasteiger partial charge is 0.404 e. The maximum Gasteiger partial charge on any atom is 0.404 e. The Hall–Kier alpha value is -1.82. The molecule has 1 fully saturated rings. The third-order valence-electron chi connectivity index (χ3n) is 4.94. The van der Waals surface area contributed by atoms with Gasteiger partial charge in [-0.3, -0.25) is 0 Å². The summed E-state index contributed by atoms with van der Waals surface area (Å²) in [5.74, 6) is 1.08. The molecule has 2 aromatic rings. The van der Waals surface area contributed by atoms with Crippen LogP contribution < -0.4 is 5.32 Å². The molecule has 2 atom stereocenters. The van der Waals surface area contributed by atoms with E-state index < -0.39 is 6.09 Å². The molecule has 0 saturated heterocycles. The quantitative estimate of drug-likeness (QED) is 0.745. The number of H-pyrrole nitrogens is 1. The fraction of sp³-hybridized carbons (Fsp3) is 0.412. The molecule has 23 heavy (non-hydrogen) atoms. The number of nitrogens with one attached hydrogen (secondary N) is 2. The molecule has 3 N–H and O–H groups in total. The molecule has 0 unspecified atom stereocenters. The summed E-state index contributed by atoms with van der Waals surface area (Å²) in [6.45, 7) is 0. The lowest BCUT2D eigenvalue weighted by Gasteiger charge is -2.17. The number of benzene rings is 1. The summed E-state index contributed by atoms with van der Waals surface area (Å²) < 4.78 is 1.09. The first kappa shape index (κ1) is 14.8. The summed E-state index contributed by atoms with van der Waals surface area (Å²) in [6, 6.07) is 6.29. The first-order valence-corrected chi connectivity index (χ1v) is 8.78. The van der Waals surface area contributed by atoms with Crippen molar-refractivity contribution in [3.8, 4) is 11.3 Å². The van der Waals surface area contributed by atoms with Crippen molar-refractivity contribution in [2.75, 3.05) is 0 Å². The number of halogens is 1. The van der Waals surface area contributed by atoms with Crippen LogP contribution in [0, 0.1) is 0 Å². The molecule has 0 radical (unpaired) electrons. The van der Waals surface area contributed by atoms with Crippen molar-refractivity contribution in [3.63, 3.8) is 0 Å². The number of aromatic nitrogens is 2. The Morgan fingerprint density at radius 3 is 3.04 bits per heavy atom. The third kappa shape index (κ3) is 2.65. The van der Waals surface area contributed by atoms with E-state index in [1.165, 1.54) is 16.8 Å². The molecule has 2 aliphatic carbocycles. The highest BCUT2D eigenvalue weighted by Gasteiger charge is 2.33. The zero-order valence-corrected chi connectivity index (χ0v) is 14.2. The Morgan fingerprint density at radius 2 is 2.22 bits per heavy atom. The van der Waals surface area contributed by atoms with Gasteiger partial charge in [-0.2, -0.15) is 0 Å². The molecule has 0 aliphatic heterocycles. The molecular weight excluding hydrogens is 358 g/mol. The Balaban J connectivity index is 1.69. The minimum atomic E-state index is -0.951. The van der Waals surface area contributed by atoms with Crippen LogP contribution in [0.1, 0.15) is 42.3 Å². The number of imidazole rings is 1. The predicted molar refractivity (Wildman–Crippen MR) is 90.7 cm³/mol. The van der Waals surface area contributed by atoms with Crippen LogP contribution in [0.3, 0.4) is 0 Å². The largest absolute Gasteiger partial charge is 0.465 e. The van der Waals surface area contributed by atoms with Gasteiger partial charge < -0.3 is 15.4 Å². The molecule has 120 valence electrons. The molecule has 4 rings (SSSR count). The average molecular weight is 376 g/mol. The number of hydrogen-bond acceptors (Lipinski definition) is 2. The molecule has 1 aromatic carbocycles. The molecular formula is C17H18BrN3O2. The molecule has 2 aliphatic rings. The fourth-order valence-electron chi connectivity index (χ4n) is 3.89. The van der Waals surface area contributed by atoms with Crippen molar-refractivity contribution in [3.05, 3.63) is 39.8 Å². The first-order chi connectivity index (χ1) is 11.1. The lowest BCUT2D eigenvalue weighted by molar-refractivity contribution is 0.188. The number of fused-ring (bicyclic) bond motifs is 3. The Bertz CT molecular complexity index is 771. The Kier molecular flexibility index (Phi) is 3.64. The number of rotatable bonds is 2. The van der Waals surface area contributed by atoms with Gasteiger partial charge in [-0.25, -0.2) is 9.78 Å². The second-order valence-electron chi connectivity index (χ2n) is 6.34. The van der Waals surface area contributed by atoms with Gasteiger partial charge in [-0.05, 0) is 43.4 Å². The molecule has 1 heterocycles. The van der Waals surface area contributed by atoms with E-state index in [4.69, 9.17) is 10.1 Å². The summed E-state index contributed by atoms with van der Waals surface area (Å²) in [4.78, 5) is 19.3.